The number of aromatic nitrogens is 1. The van der Waals surface area contributed by atoms with Crippen molar-refractivity contribution in [2.24, 2.45) is 4.99 Å². The molecule has 1 aliphatic rings. The van der Waals surface area contributed by atoms with Gasteiger partial charge in [0.25, 0.3) is 5.56 Å². The number of hydrogen-bond acceptors (Lipinski definition) is 8. The SMILES string of the molecule is CCOC(=O)C1=C(C)N=c2s/c(=C/c3ccc(C(=O)OC)cc3)c(=O)n2[C@H]1c1ccccc1OC. The van der Waals surface area contributed by atoms with Gasteiger partial charge >= 0.3 is 11.9 Å². The smallest absolute Gasteiger partial charge is 0.338 e. The van der Waals surface area contributed by atoms with E-state index in [0.717, 1.165) is 5.56 Å². The van der Waals surface area contributed by atoms with Gasteiger partial charge in [-0.15, -0.1) is 0 Å². The zero-order valence-electron chi connectivity index (χ0n) is 19.7. The molecule has 0 unspecified atom stereocenters. The summed E-state index contributed by atoms with van der Waals surface area (Å²) in [6.07, 6.45) is 1.73. The predicted octanol–water partition coefficient (Wildman–Crippen LogP) is 2.59. The number of esters is 2. The molecular weight excluding hydrogens is 468 g/mol. The summed E-state index contributed by atoms with van der Waals surface area (Å²) in [4.78, 5) is 43.4. The van der Waals surface area contributed by atoms with Crippen LogP contribution in [0.5, 0.6) is 5.75 Å². The van der Waals surface area contributed by atoms with E-state index in [0.29, 0.717) is 31.9 Å². The lowest BCUT2D eigenvalue weighted by molar-refractivity contribution is -0.139. The average molecular weight is 493 g/mol. The standard InChI is InChI=1S/C26H24N2O6S/c1-5-34-25(31)21-15(2)27-26-28(22(21)18-8-6-7-9-19(18)32-3)23(29)20(35-26)14-16-10-12-17(13-11-16)24(30)33-4/h6-14,22H,5H2,1-4H3/b20-14+/t22-/m0/s1. The maximum atomic E-state index is 13.6. The third kappa shape index (κ3) is 4.54. The second-order valence-corrected chi connectivity index (χ2v) is 8.67. The van der Waals surface area contributed by atoms with Gasteiger partial charge in [-0.25, -0.2) is 14.6 Å². The Labute approximate surface area is 205 Å². The van der Waals surface area contributed by atoms with Gasteiger partial charge in [-0.3, -0.25) is 9.36 Å². The van der Waals surface area contributed by atoms with E-state index >= 15 is 0 Å². The minimum Gasteiger partial charge on any atom is -0.496 e. The molecule has 9 heteroatoms. The van der Waals surface area contributed by atoms with Crippen molar-refractivity contribution < 1.29 is 23.8 Å². The molecule has 0 fully saturated rings. The summed E-state index contributed by atoms with van der Waals surface area (Å²) in [5.41, 5.74) is 2.28. The van der Waals surface area contributed by atoms with E-state index < -0.39 is 18.0 Å². The third-order valence-corrected chi connectivity index (χ3v) is 6.56. The molecule has 0 bridgehead atoms. The minimum absolute atomic E-state index is 0.195. The number of nitrogens with zero attached hydrogens (tertiary/aromatic N) is 2. The number of ether oxygens (including phenoxy) is 3. The molecule has 35 heavy (non-hydrogen) atoms. The molecule has 0 amide bonds. The Bertz CT molecular complexity index is 1500. The van der Waals surface area contributed by atoms with Gasteiger partial charge in [0.05, 0.1) is 42.2 Å². The van der Waals surface area contributed by atoms with Crippen LogP contribution in [0.4, 0.5) is 0 Å². The number of para-hydroxylation sites is 1. The number of methoxy groups -OCH3 is 2. The van der Waals surface area contributed by atoms with Crippen molar-refractivity contribution in [3.63, 3.8) is 0 Å². The molecule has 2 heterocycles. The third-order valence-electron chi connectivity index (χ3n) is 5.58. The van der Waals surface area contributed by atoms with Crippen molar-refractivity contribution >= 4 is 29.4 Å². The number of carbonyl (C=O) groups is 2. The number of rotatable bonds is 6. The highest BCUT2D eigenvalue weighted by molar-refractivity contribution is 7.07. The van der Waals surface area contributed by atoms with Gasteiger partial charge in [0.15, 0.2) is 4.80 Å². The fourth-order valence-corrected chi connectivity index (χ4v) is 5.01. The zero-order valence-corrected chi connectivity index (χ0v) is 20.5. The summed E-state index contributed by atoms with van der Waals surface area (Å²) in [6, 6.07) is 13.2. The number of carbonyl (C=O) groups excluding carboxylic acids is 2. The molecule has 2 aromatic carbocycles. The predicted molar refractivity (Wildman–Crippen MR) is 131 cm³/mol. The molecule has 0 spiro atoms. The van der Waals surface area contributed by atoms with Crippen molar-refractivity contribution in [2.45, 2.75) is 19.9 Å². The van der Waals surface area contributed by atoms with Crippen molar-refractivity contribution in [1.82, 2.24) is 4.57 Å². The second kappa shape index (κ2) is 10.1. The highest BCUT2D eigenvalue weighted by Gasteiger charge is 2.34. The molecule has 4 rings (SSSR count). The largest absolute Gasteiger partial charge is 0.496 e. The highest BCUT2D eigenvalue weighted by atomic mass is 32.1. The van der Waals surface area contributed by atoms with Crippen LogP contribution in [0.3, 0.4) is 0 Å². The van der Waals surface area contributed by atoms with Crippen LogP contribution in [0.2, 0.25) is 0 Å². The lowest BCUT2D eigenvalue weighted by Gasteiger charge is -2.25. The van der Waals surface area contributed by atoms with Crippen LogP contribution in [-0.2, 0) is 14.3 Å². The Morgan fingerprint density at radius 3 is 2.46 bits per heavy atom. The molecule has 0 saturated heterocycles. The van der Waals surface area contributed by atoms with Gasteiger partial charge in [0.1, 0.15) is 11.8 Å². The van der Waals surface area contributed by atoms with E-state index in [1.54, 1.807) is 57.4 Å². The molecule has 3 aromatic rings. The molecule has 1 aliphatic heterocycles. The van der Waals surface area contributed by atoms with E-state index in [2.05, 4.69) is 4.99 Å². The average Bonchev–Trinajstić information content (AvgIpc) is 3.17. The number of thiazole rings is 1. The first-order valence-corrected chi connectivity index (χ1v) is 11.7. The van der Waals surface area contributed by atoms with Gasteiger partial charge in [-0.05, 0) is 43.7 Å². The molecule has 1 atom stereocenters. The summed E-state index contributed by atoms with van der Waals surface area (Å²) in [7, 11) is 2.86. The van der Waals surface area contributed by atoms with Crippen molar-refractivity contribution in [2.75, 3.05) is 20.8 Å². The molecule has 0 saturated carbocycles. The van der Waals surface area contributed by atoms with Crippen LogP contribution < -0.4 is 19.6 Å². The van der Waals surface area contributed by atoms with Gasteiger partial charge in [0, 0.05) is 5.56 Å². The minimum atomic E-state index is -0.759. The van der Waals surface area contributed by atoms with E-state index in [1.165, 1.54) is 23.0 Å². The zero-order chi connectivity index (χ0) is 25.1. The van der Waals surface area contributed by atoms with Crippen molar-refractivity contribution in [3.8, 4) is 5.75 Å². The summed E-state index contributed by atoms with van der Waals surface area (Å²) < 4.78 is 17.6. The van der Waals surface area contributed by atoms with Crippen LogP contribution in [0.1, 0.15) is 41.4 Å². The topological polar surface area (TPSA) is 96.2 Å². The van der Waals surface area contributed by atoms with Gasteiger partial charge < -0.3 is 14.2 Å². The molecule has 0 aliphatic carbocycles. The maximum absolute atomic E-state index is 13.6. The summed E-state index contributed by atoms with van der Waals surface area (Å²) in [6.45, 7) is 3.66. The van der Waals surface area contributed by atoms with Crippen LogP contribution in [0, 0.1) is 0 Å². The Kier molecular flexibility index (Phi) is 6.97. The molecule has 1 aromatic heterocycles. The van der Waals surface area contributed by atoms with Crippen LogP contribution in [0.15, 0.2) is 69.6 Å². The normalized spacial score (nSPS) is 15.3. The highest BCUT2D eigenvalue weighted by Crippen LogP contribution is 2.35. The number of fused-ring (bicyclic) bond motifs is 1. The second-order valence-electron chi connectivity index (χ2n) is 7.66. The van der Waals surface area contributed by atoms with Crippen LogP contribution in [-0.4, -0.2) is 37.3 Å². The number of hydrogen-bond donors (Lipinski definition) is 0. The van der Waals surface area contributed by atoms with E-state index in [-0.39, 0.29) is 17.7 Å². The van der Waals surface area contributed by atoms with Gasteiger partial charge in [-0.1, -0.05) is 41.7 Å². The molecule has 0 radical (unpaired) electrons. The first kappa shape index (κ1) is 24.2. The van der Waals surface area contributed by atoms with Crippen LogP contribution >= 0.6 is 11.3 Å². The Morgan fingerprint density at radius 1 is 1.09 bits per heavy atom. The van der Waals surface area contributed by atoms with Crippen molar-refractivity contribution in [1.29, 1.82) is 0 Å². The summed E-state index contributed by atoms with van der Waals surface area (Å²) in [5, 5.41) is 0. The first-order valence-electron chi connectivity index (χ1n) is 10.9. The molecule has 0 N–H and O–H groups in total. The van der Waals surface area contributed by atoms with E-state index in [9.17, 15) is 14.4 Å². The maximum Gasteiger partial charge on any atom is 0.338 e. The summed E-state index contributed by atoms with van der Waals surface area (Å²) in [5.74, 6) is -0.422. The fraction of sp³-hybridized carbons (Fsp3) is 0.231. The lowest BCUT2D eigenvalue weighted by atomic mass is 9.95. The lowest BCUT2D eigenvalue weighted by Crippen LogP contribution is -2.40. The number of allylic oxidation sites excluding steroid dienone is 1. The van der Waals surface area contributed by atoms with E-state index in [1.807, 2.05) is 18.2 Å². The Morgan fingerprint density at radius 2 is 1.80 bits per heavy atom. The number of benzene rings is 2. The molecular formula is C26H24N2O6S. The Balaban J connectivity index is 1.91. The Hall–Kier alpha value is -3.98. The van der Waals surface area contributed by atoms with E-state index in [4.69, 9.17) is 14.2 Å². The first-order chi connectivity index (χ1) is 16.9. The summed E-state index contributed by atoms with van der Waals surface area (Å²) >= 11 is 1.22. The fourth-order valence-electron chi connectivity index (χ4n) is 3.96. The molecule has 8 nitrogen and oxygen atoms in total. The van der Waals surface area contributed by atoms with Crippen LogP contribution in [0.25, 0.3) is 6.08 Å². The monoisotopic (exact) mass is 492 g/mol. The quantitative estimate of drug-likeness (QED) is 0.491. The molecule has 180 valence electrons. The van der Waals surface area contributed by atoms with Gasteiger partial charge in [0.2, 0.25) is 0 Å². The van der Waals surface area contributed by atoms with Gasteiger partial charge in [-0.2, -0.15) is 0 Å². The van der Waals surface area contributed by atoms with Crippen molar-refractivity contribution in [3.05, 3.63) is 96.2 Å².